The van der Waals surface area contributed by atoms with Crippen molar-refractivity contribution in [1.29, 1.82) is 0 Å². The highest BCUT2D eigenvalue weighted by Crippen LogP contribution is 2.13. The van der Waals surface area contributed by atoms with Crippen molar-refractivity contribution in [2.24, 2.45) is 5.73 Å². The van der Waals surface area contributed by atoms with Crippen molar-refractivity contribution in [2.45, 2.75) is 25.7 Å². The summed E-state index contributed by atoms with van der Waals surface area (Å²) in [7, 11) is 0. The van der Waals surface area contributed by atoms with Gasteiger partial charge in [0.15, 0.2) is 0 Å². The lowest BCUT2D eigenvalue weighted by Gasteiger charge is -2.14. The Morgan fingerprint density at radius 1 is 1.11 bits per heavy atom. The van der Waals surface area contributed by atoms with Crippen LogP contribution in [-0.2, 0) is 6.42 Å². The molecule has 0 spiro atoms. The number of nitrogens with zero attached hydrogens (tertiary/aromatic N) is 1. The van der Waals surface area contributed by atoms with E-state index in [1.165, 1.54) is 38.0 Å². The van der Waals surface area contributed by atoms with Crippen molar-refractivity contribution in [1.82, 2.24) is 4.90 Å². The Hall–Kier alpha value is -1.06. The van der Waals surface area contributed by atoms with Crippen molar-refractivity contribution in [3.05, 3.63) is 29.8 Å². The molecule has 18 heavy (non-hydrogen) atoms. The molecule has 0 aromatic heterocycles. The first-order chi connectivity index (χ1) is 8.88. The molecular formula is C15H24N2O. The standard InChI is InChI=1S/C15H24N2O/c16-9-8-14-4-6-15(7-5-14)18-13-3-12-17-10-1-2-11-17/h4-7H,1-3,8-13,16H2. The quantitative estimate of drug-likeness (QED) is 0.751. The molecule has 0 radical (unpaired) electrons. The Balaban J connectivity index is 1.63. The van der Waals surface area contributed by atoms with E-state index < -0.39 is 0 Å². The molecule has 2 rings (SSSR count). The van der Waals surface area contributed by atoms with Crippen LogP contribution in [0.4, 0.5) is 0 Å². The second-order valence-corrected chi connectivity index (χ2v) is 4.93. The molecule has 2 N–H and O–H groups in total. The summed E-state index contributed by atoms with van der Waals surface area (Å²) in [5, 5.41) is 0. The SMILES string of the molecule is NCCc1ccc(OCCCN2CCCC2)cc1. The van der Waals surface area contributed by atoms with Crippen molar-refractivity contribution >= 4 is 0 Å². The van der Waals surface area contributed by atoms with Gasteiger partial charge >= 0.3 is 0 Å². The summed E-state index contributed by atoms with van der Waals surface area (Å²) in [6.07, 6.45) is 4.78. The predicted molar refractivity (Wildman–Crippen MR) is 75.0 cm³/mol. The topological polar surface area (TPSA) is 38.5 Å². The molecule has 3 nitrogen and oxygen atoms in total. The Bertz CT molecular complexity index is 331. The Morgan fingerprint density at radius 3 is 2.50 bits per heavy atom. The lowest BCUT2D eigenvalue weighted by atomic mass is 10.1. The van der Waals surface area contributed by atoms with Gasteiger partial charge in [-0.15, -0.1) is 0 Å². The third-order valence-corrected chi connectivity index (χ3v) is 3.44. The molecule has 1 aliphatic heterocycles. The molecule has 100 valence electrons. The lowest BCUT2D eigenvalue weighted by Crippen LogP contribution is -2.21. The van der Waals surface area contributed by atoms with Crippen LogP contribution in [0.5, 0.6) is 5.75 Å². The minimum Gasteiger partial charge on any atom is -0.494 e. The average Bonchev–Trinajstić information content (AvgIpc) is 2.90. The Morgan fingerprint density at radius 2 is 1.83 bits per heavy atom. The van der Waals surface area contributed by atoms with E-state index >= 15 is 0 Å². The molecule has 1 aromatic rings. The number of hydrogen-bond donors (Lipinski definition) is 1. The molecule has 1 fully saturated rings. The molecule has 0 unspecified atom stereocenters. The first-order valence-corrected chi connectivity index (χ1v) is 7.02. The molecular weight excluding hydrogens is 224 g/mol. The molecule has 0 atom stereocenters. The monoisotopic (exact) mass is 248 g/mol. The van der Waals surface area contributed by atoms with E-state index in [-0.39, 0.29) is 0 Å². The van der Waals surface area contributed by atoms with Gasteiger partial charge in [0.25, 0.3) is 0 Å². The van der Waals surface area contributed by atoms with Gasteiger partial charge in [-0.25, -0.2) is 0 Å². The number of benzene rings is 1. The highest BCUT2D eigenvalue weighted by Gasteiger charge is 2.10. The van der Waals surface area contributed by atoms with Crippen LogP contribution in [-0.4, -0.2) is 37.7 Å². The van der Waals surface area contributed by atoms with Crippen LogP contribution < -0.4 is 10.5 Å². The van der Waals surface area contributed by atoms with Gasteiger partial charge in [-0.3, -0.25) is 0 Å². The summed E-state index contributed by atoms with van der Waals surface area (Å²) in [6.45, 7) is 5.23. The summed E-state index contributed by atoms with van der Waals surface area (Å²) in [5.41, 5.74) is 6.80. The number of nitrogens with two attached hydrogens (primary N) is 1. The zero-order chi connectivity index (χ0) is 12.6. The van der Waals surface area contributed by atoms with Crippen LogP contribution >= 0.6 is 0 Å². The van der Waals surface area contributed by atoms with E-state index in [0.29, 0.717) is 6.54 Å². The van der Waals surface area contributed by atoms with Crippen LogP contribution in [0, 0.1) is 0 Å². The number of ether oxygens (including phenoxy) is 1. The molecule has 0 aliphatic carbocycles. The van der Waals surface area contributed by atoms with E-state index in [1.807, 2.05) is 12.1 Å². The summed E-state index contributed by atoms with van der Waals surface area (Å²) in [5.74, 6) is 0.970. The highest BCUT2D eigenvalue weighted by molar-refractivity contribution is 5.27. The lowest BCUT2D eigenvalue weighted by molar-refractivity contribution is 0.263. The molecule has 1 heterocycles. The molecule has 3 heteroatoms. The first kappa shape index (κ1) is 13.4. The van der Waals surface area contributed by atoms with Gasteiger partial charge in [0.2, 0.25) is 0 Å². The molecule has 0 amide bonds. The van der Waals surface area contributed by atoms with E-state index in [1.54, 1.807) is 0 Å². The summed E-state index contributed by atoms with van der Waals surface area (Å²) in [6, 6.07) is 8.28. The molecule has 0 saturated carbocycles. The minimum absolute atomic E-state index is 0.704. The minimum atomic E-state index is 0.704. The van der Waals surface area contributed by atoms with Gasteiger partial charge in [0, 0.05) is 6.54 Å². The zero-order valence-electron chi connectivity index (χ0n) is 11.1. The van der Waals surface area contributed by atoms with Gasteiger partial charge in [-0.05, 0) is 63.0 Å². The number of rotatable bonds is 7. The normalized spacial score (nSPS) is 16.1. The number of hydrogen-bond acceptors (Lipinski definition) is 3. The fourth-order valence-electron chi connectivity index (χ4n) is 2.40. The summed E-state index contributed by atoms with van der Waals surface area (Å²) in [4.78, 5) is 2.52. The average molecular weight is 248 g/mol. The Labute approximate surface area is 110 Å². The van der Waals surface area contributed by atoms with E-state index in [9.17, 15) is 0 Å². The first-order valence-electron chi connectivity index (χ1n) is 7.02. The third-order valence-electron chi connectivity index (χ3n) is 3.44. The van der Waals surface area contributed by atoms with Crippen LogP contribution in [0.3, 0.4) is 0 Å². The molecule has 1 saturated heterocycles. The maximum absolute atomic E-state index is 5.74. The predicted octanol–water partition coefficient (Wildman–Crippen LogP) is 2.05. The van der Waals surface area contributed by atoms with Crippen LogP contribution in [0.1, 0.15) is 24.8 Å². The largest absolute Gasteiger partial charge is 0.494 e. The third kappa shape index (κ3) is 4.31. The molecule has 1 aliphatic rings. The van der Waals surface area contributed by atoms with Gasteiger partial charge in [0.05, 0.1) is 6.61 Å². The second-order valence-electron chi connectivity index (χ2n) is 4.93. The highest BCUT2D eigenvalue weighted by atomic mass is 16.5. The van der Waals surface area contributed by atoms with Gasteiger partial charge < -0.3 is 15.4 Å². The maximum atomic E-state index is 5.74. The summed E-state index contributed by atoms with van der Waals surface area (Å²) < 4.78 is 5.74. The van der Waals surface area contributed by atoms with E-state index in [2.05, 4.69) is 17.0 Å². The van der Waals surface area contributed by atoms with Crippen molar-refractivity contribution in [3.8, 4) is 5.75 Å². The maximum Gasteiger partial charge on any atom is 0.119 e. The van der Waals surface area contributed by atoms with Crippen molar-refractivity contribution in [3.63, 3.8) is 0 Å². The fraction of sp³-hybridized carbons (Fsp3) is 0.600. The fourth-order valence-corrected chi connectivity index (χ4v) is 2.40. The number of likely N-dealkylation sites (tertiary alicyclic amines) is 1. The smallest absolute Gasteiger partial charge is 0.119 e. The van der Waals surface area contributed by atoms with Gasteiger partial charge in [-0.1, -0.05) is 12.1 Å². The van der Waals surface area contributed by atoms with Gasteiger partial charge in [-0.2, -0.15) is 0 Å². The zero-order valence-corrected chi connectivity index (χ0v) is 11.1. The van der Waals surface area contributed by atoms with Crippen molar-refractivity contribution < 1.29 is 4.74 Å². The second kappa shape index (κ2) is 7.39. The van der Waals surface area contributed by atoms with Crippen LogP contribution in [0.2, 0.25) is 0 Å². The molecule has 0 bridgehead atoms. The van der Waals surface area contributed by atoms with Crippen molar-refractivity contribution in [2.75, 3.05) is 32.8 Å². The summed E-state index contributed by atoms with van der Waals surface area (Å²) >= 11 is 0. The molecule has 1 aromatic carbocycles. The van der Waals surface area contributed by atoms with Crippen LogP contribution in [0.15, 0.2) is 24.3 Å². The van der Waals surface area contributed by atoms with Gasteiger partial charge in [0.1, 0.15) is 5.75 Å². The van der Waals surface area contributed by atoms with E-state index in [0.717, 1.165) is 25.2 Å². The Kier molecular flexibility index (Phi) is 5.49. The van der Waals surface area contributed by atoms with Crippen LogP contribution in [0.25, 0.3) is 0 Å². The van der Waals surface area contributed by atoms with E-state index in [4.69, 9.17) is 10.5 Å².